The third-order valence-electron chi connectivity index (χ3n) is 2.29. The Morgan fingerprint density at radius 1 is 1.22 bits per heavy atom. The number of ether oxygens (including phenoxy) is 1. The minimum atomic E-state index is -0.339. The number of hydrogen-bond acceptors (Lipinski definition) is 5. The van der Waals surface area contributed by atoms with Crippen LogP contribution in [0.15, 0.2) is 24.3 Å². The van der Waals surface area contributed by atoms with Gasteiger partial charge in [-0.3, -0.25) is 9.59 Å². The van der Waals surface area contributed by atoms with E-state index >= 15 is 0 Å². The number of nitrogens with one attached hydrogen (secondary N) is 2. The predicted molar refractivity (Wildman–Crippen MR) is 69.8 cm³/mol. The van der Waals surface area contributed by atoms with Crippen LogP contribution in [0.4, 0.5) is 5.69 Å². The van der Waals surface area contributed by atoms with E-state index in [1.54, 1.807) is 32.2 Å². The third kappa shape index (κ3) is 4.18. The van der Waals surface area contributed by atoms with Gasteiger partial charge in [0.05, 0.1) is 13.2 Å². The van der Waals surface area contributed by atoms with E-state index in [0.29, 0.717) is 17.9 Å². The van der Waals surface area contributed by atoms with Crippen LogP contribution in [-0.4, -0.2) is 38.5 Å². The maximum atomic E-state index is 11.8. The lowest BCUT2D eigenvalue weighted by Crippen LogP contribution is -2.22. The minimum absolute atomic E-state index is 0.0236. The average Bonchev–Trinajstić information content (AvgIpc) is 2.37. The van der Waals surface area contributed by atoms with Crippen LogP contribution in [0, 0.1) is 0 Å². The van der Waals surface area contributed by atoms with Crippen molar-refractivity contribution in [2.75, 3.05) is 32.1 Å². The quantitative estimate of drug-likeness (QED) is 0.559. The number of Topliss-reactive ketones (excluding diaryl/α,β-unsaturated/α-hetero) is 1. The van der Waals surface area contributed by atoms with Crippen molar-refractivity contribution in [2.24, 2.45) is 0 Å². The molecule has 2 N–H and O–H groups in total. The third-order valence-corrected chi connectivity index (χ3v) is 2.29. The molecule has 5 nitrogen and oxygen atoms in total. The van der Waals surface area contributed by atoms with Crippen LogP contribution in [0.1, 0.15) is 17.3 Å². The summed E-state index contributed by atoms with van der Waals surface area (Å²) in [6, 6.07) is 7.09. The molecule has 1 aromatic rings. The highest BCUT2D eigenvalue weighted by molar-refractivity contribution is 6.02. The number of benzene rings is 1. The average molecular weight is 250 g/mol. The van der Waals surface area contributed by atoms with Crippen LogP contribution >= 0.6 is 0 Å². The second kappa shape index (κ2) is 7.45. The molecule has 0 saturated carbocycles. The number of likely N-dealkylation sites (N-methyl/N-ethyl adjacent to an activating group) is 1. The van der Waals surface area contributed by atoms with Gasteiger partial charge in [0.1, 0.15) is 6.54 Å². The molecule has 1 aromatic carbocycles. The summed E-state index contributed by atoms with van der Waals surface area (Å²) in [5, 5.41) is 5.72. The molecule has 5 heteroatoms. The maximum Gasteiger partial charge on any atom is 0.325 e. The van der Waals surface area contributed by atoms with Gasteiger partial charge in [0.2, 0.25) is 0 Å². The zero-order valence-corrected chi connectivity index (χ0v) is 10.7. The highest BCUT2D eigenvalue weighted by Gasteiger charge is 2.10. The van der Waals surface area contributed by atoms with Crippen molar-refractivity contribution >= 4 is 17.4 Å². The van der Waals surface area contributed by atoms with E-state index < -0.39 is 0 Å². The lowest BCUT2D eigenvalue weighted by atomic mass is 10.1. The Morgan fingerprint density at radius 2 is 1.94 bits per heavy atom. The number of carbonyl (C=O) groups excluding carboxylic acids is 2. The van der Waals surface area contributed by atoms with E-state index in [-0.39, 0.29) is 24.8 Å². The van der Waals surface area contributed by atoms with Crippen molar-refractivity contribution in [2.45, 2.75) is 6.92 Å². The molecule has 0 aliphatic carbocycles. The Hall–Kier alpha value is -1.88. The second-order valence-corrected chi connectivity index (χ2v) is 3.66. The Kier molecular flexibility index (Phi) is 5.87. The topological polar surface area (TPSA) is 67.4 Å². The van der Waals surface area contributed by atoms with Crippen LogP contribution in [0.25, 0.3) is 0 Å². The lowest BCUT2D eigenvalue weighted by molar-refractivity contribution is -0.140. The Labute approximate surface area is 107 Å². The molecule has 98 valence electrons. The number of anilines is 1. The molecule has 18 heavy (non-hydrogen) atoms. The molecule has 1 rings (SSSR count). The molecule has 0 fully saturated rings. The lowest BCUT2D eigenvalue weighted by Gasteiger charge is -2.10. The normalized spacial score (nSPS) is 9.89. The number of para-hydroxylation sites is 1. The van der Waals surface area contributed by atoms with Crippen LogP contribution in [0.2, 0.25) is 0 Å². The molecule has 0 radical (unpaired) electrons. The van der Waals surface area contributed by atoms with Crippen molar-refractivity contribution in [3.8, 4) is 0 Å². The highest BCUT2D eigenvalue weighted by atomic mass is 16.5. The molecule has 0 unspecified atom stereocenters. The molecule has 0 bridgehead atoms. The summed E-state index contributed by atoms with van der Waals surface area (Å²) < 4.78 is 4.81. The first-order chi connectivity index (χ1) is 8.69. The van der Waals surface area contributed by atoms with Gasteiger partial charge in [0.15, 0.2) is 5.78 Å². The van der Waals surface area contributed by atoms with Gasteiger partial charge in [0, 0.05) is 11.3 Å². The van der Waals surface area contributed by atoms with Gasteiger partial charge >= 0.3 is 5.97 Å². The van der Waals surface area contributed by atoms with Crippen LogP contribution in [0.5, 0.6) is 0 Å². The number of hydrogen-bond donors (Lipinski definition) is 2. The highest BCUT2D eigenvalue weighted by Crippen LogP contribution is 2.15. The van der Waals surface area contributed by atoms with Gasteiger partial charge in [-0.1, -0.05) is 12.1 Å². The molecular formula is C13H18N2O3. The van der Waals surface area contributed by atoms with Crippen molar-refractivity contribution in [3.63, 3.8) is 0 Å². The van der Waals surface area contributed by atoms with Gasteiger partial charge < -0.3 is 15.4 Å². The molecule has 0 amide bonds. The maximum absolute atomic E-state index is 11.8. The zero-order valence-electron chi connectivity index (χ0n) is 10.7. The number of ketones is 1. The molecule has 0 aliphatic rings. The molecule has 0 aromatic heterocycles. The number of carbonyl (C=O) groups is 2. The van der Waals surface area contributed by atoms with Gasteiger partial charge in [0.25, 0.3) is 0 Å². The summed E-state index contributed by atoms with van der Waals surface area (Å²) in [4.78, 5) is 23.1. The van der Waals surface area contributed by atoms with Crippen LogP contribution < -0.4 is 10.6 Å². The van der Waals surface area contributed by atoms with Crippen LogP contribution in [-0.2, 0) is 9.53 Å². The van der Waals surface area contributed by atoms with Gasteiger partial charge in [-0.05, 0) is 26.1 Å². The largest absolute Gasteiger partial charge is 0.465 e. The first-order valence-electron chi connectivity index (χ1n) is 5.85. The smallest absolute Gasteiger partial charge is 0.325 e. The molecule has 0 spiro atoms. The fourth-order valence-corrected chi connectivity index (χ4v) is 1.52. The molecule has 0 aliphatic heterocycles. The number of esters is 1. The Bertz CT molecular complexity index is 418. The molecular weight excluding hydrogens is 232 g/mol. The minimum Gasteiger partial charge on any atom is -0.465 e. The summed E-state index contributed by atoms with van der Waals surface area (Å²) in [5.41, 5.74) is 1.21. The predicted octanol–water partition coefficient (Wildman–Crippen LogP) is 1.06. The van der Waals surface area contributed by atoms with Gasteiger partial charge in [-0.25, -0.2) is 0 Å². The summed E-state index contributed by atoms with van der Waals surface area (Å²) in [6.45, 7) is 2.42. The molecule has 0 heterocycles. The summed E-state index contributed by atoms with van der Waals surface area (Å²) in [7, 11) is 1.71. The van der Waals surface area contributed by atoms with E-state index in [4.69, 9.17) is 4.74 Å². The first-order valence-corrected chi connectivity index (χ1v) is 5.85. The van der Waals surface area contributed by atoms with Crippen molar-refractivity contribution in [3.05, 3.63) is 29.8 Å². The number of rotatable bonds is 7. The summed E-state index contributed by atoms with van der Waals surface area (Å²) in [5.74, 6) is -0.363. The monoisotopic (exact) mass is 250 g/mol. The van der Waals surface area contributed by atoms with Gasteiger partial charge in [-0.15, -0.1) is 0 Å². The van der Waals surface area contributed by atoms with E-state index in [2.05, 4.69) is 10.6 Å². The zero-order chi connectivity index (χ0) is 13.4. The Morgan fingerprint density at radius 3 is 2.61 bits per heavy atom. The summed E-state index contributed by atoms with van der Waals surface area (Å²) >= 11 is 0. The van der Waals surface area contributed by atoms with Crippen molar-refractivity contribution < 1.29 is 14.3 Å². The summed E-state index contributed by atoms with van der Waals surface area (Å²) in [6.07, 6.45) is 0. The molecule has 0 atom stereocenters. The molecule has 0 saturated heterocycles. The fraction of sp³-hybridized carbons (Fsp3) is 0.385. The van der Waals surface area contributed by atoms with Crippen LogP contribution in [0.3, 0.4) is 0 Å². The van der Waals surface area contributed by atoms with Crippen molar-refractivity contribution in [1.82, 2.24) is 5.32 Å². The SMILES string of the molecule is CCOC(=O)CNc1ccccc1C(=O)CNC. The van der Waals surface area contributed by atoms with Crippen molar-refractivity contribution in [1.29, 1.82) is 0 Å². The second-order valence-electron chi connectivity index (χ2n) is 3.66. The van der Waals surface area contributed by atoms with E-state index in [9.17, 15) is 9.59 Å². The standard InChI is InChI=1S/C13H18N2O3/c1-3-18-13(17)9-15-11-7-5-4-6-10(11)12(16)8-14-2/h4-7,14-15H,3,8-9H2,1-2H3. The Balaban J connectivity index is 2.70. The van der Waals surface area contributed by atoms with E-state index in [0.717, 1.165) is 0 Å². The van der Waals surface area contributed by atoms with Gasteiger partial charge in [-0.2, -0.15) is 0 Å². The van der Waals surface area contributed by atoms with E-state index in [1.807, 2.05) is 6.07 Å². The first kappa shape index (κ1) is 14.2. The fourth-order valence-electron chi connectivity index (χ4n) is 1.52. The van der Waals surface area contributed by atoms with E-state index in [1.165, 1.54) is 0 Å².